The Labute approximate surface area is 118 Å². The summed E-state index contributed by atoms with van der Waals surface area (Å²) < 4.78 is 5.11. The van der Waals surface area contributed by atoms with E-state index in [-0.39, 0.29) is 0 Å². The van der Waals surface area contributed by atoms with Crippen LogP contribution in [0.2, 0.25) is 0 Å². The number of methoxy groups -OCH3 is 1. The third kappa shape index (κ3) is 4.35. The van der Waals surface area contributed by atoms with Crippen LogP contribution in [-0.2, 0) is 11.3 Å². The number of thiocarbonyl (C=S) groups is 1. The van der Waals surface area contributed by atoms with E-state index >= 15 is 0 Å². The van der Waals surface area contributed by atoms with Crippen molar-refractivity contribution >= 4 is 28.7 Å². The van der Waals surface area contributed by atoms with Gasteiger partial charge in [-0.15, -0.1) is 0 Å². The van der Waals surface area contributed by atoms with Gasteiger partial charge in [0.25, 0.3) is 0 Å². The largest absolute Gasteiger partial charge is 0.380 e. The van der Waals surface area contributed by atoms with Gasteiger partial charge in [0.05, 0.1) is 6.61 Å². The number of anilines is 2. The van der Waals surface area contributed by atoms with Crippen LogP contribution in [-0.4, -0.2) is 12.2 Å². The van der Waals surface area contributed by atoms with Crippen LogP contribution in [0.3, 0.4) is 0 Å². The topological polar surface area (TPSA) is 33.3 Å². The predicted molar refractivity (Wildman–Crippen MR) is 83.4 cm³/mol. The van der Waals surface area contributed by atoms with Gasteiger partial charge < -0.3 is 15.4 Å². The van der Waals surface area contributed by atoms with Gasteiger partial charge in [-0.1, -0.05) is 30.3 Å². The fourth-order valence-corrected chi connectivity index (χ4v) is 1.96. The Bertz CT molecular complexity index is 543. The first-order valence-electron chi connectivity index (χ1n) is 5.99. The van der Waals surface area contributed by atoms with Gasteiger partial charge in [0.2, 0.25) is 0 Å². The fourth-order valence-electron chi connectivity index (χ4n) is 1.72. The monoisotopic (exact) mass is 272 g/mol. The van der Waals surface area contributed by atoms with Crippen LogP contribution in [0.4, 0.5) is 11.4 Å². The highest BCUT2D eigenvalue weighted by molar-refractivity contribution is 7.80. The zero-order valence-corrected chi connectivity index (χ0v) is 11.5. The summed E-state index contributed by atoms with van der Waals surface area (Å²) in [5.41, 5.74) is 3.02. The molecule has 0 fully saturated rings. The zero-order valence-electron chi connectivity index (χ0n) is 10.7. The third-order valence-corrected chi connectivity index (χ3v) is 2.73. The molecule has 0 aliphatic rings. The van der Waals surface area contributed by atoms with Crippen LogP contribution in [0, 0.1) is 0 Å². The molecule has 98 valence electrons. The van der Waals surface area contributed by atoms with Gasteiger partial charge in [0, 0.05) is 18.5 Å². The highest BCUT2D eigenvalue weighted by atomic mass is 32.1. The van der Waals surface area contributed by atoms with E-state index in [0.717, 1.165) is 16.9 Å². The van der Waals surface area contributed by atoms with Crippen molar-refractivity contribution in [2.75, 3.05) is 17.7 Å². The molecule has 0 heterocycles. The lowest BCUT2D eigenvalue weighted by atomic mass is 10.2. The van der Waals surface area contributed by atoms with Crippen LogP contribution < -0.4 is 10.6 Å². The van der Waals surface area contributed by atoms with Gasteiger partial charge in [-0.05, 0) is 42.0 Å². The molecule has 0 aliphatic carbocycles. The third-order valence-electron chi connectivity index (χ3n) is 2.53. The molecule has 0 spiro atoms. The molecule has 3 nitrogen and oxygen atoms in total. The van der Waals surface area contributed by atoms with Crippen molar-refractivity contribution < 1.29 is 4.74 Å². The Morgan fingerprint density at radius 3 is 2.42 bits per heavy atom. The van der Waals surface area contributed by atoms with Crippen LogP contribution in [0.15, 0.2) is 54.6 Å². The lowest BCUT2D eigenvalue weighted by molar-refractivity contribution is 0.185. The molecule has 0 bridgehead atoms. The summed E-state index contributed by atoms with van der Waals surface area (Å²) in [7, 11) is 1.68. The summed E-state index contributed by atoms with van der Waals surface area (Å²) in [6.07, 6.45) is 0. The Morgan fingerprint density at radius 1 is 1.00 bits per heavy atom. The Morgan fingerprint density at radius 2 is 1.68 bits per heavy atom. The van der Waals surface area contributed by atoms with Gasteiger partial charge in [-0.2, -0.15) is 0 Å². The van der Waals surface area contributed by atoms with Crippen LogP contribution in [0.25, 0.3) is 0 Å². The molecule has 0 aliphatic heterocycles. The van der Waals surface area contributed by atoms with Gasteiger partial charge >= 0.3 is 0 Å². The molecule has 0 atom stereocenters. The van der Waals surface area contributed by atoms with Crippen LogP contribution >= 0.6 is 12.2 Å². The molecule has 2 N–H and O–H groups in total. The van der Waals surface area contributed by atoms with E-state index in [4.69, 9.17) is 17.0 Å². The summed E-state index contributed by atoms with van der Waals surface area (Å²) in [5, 5.41) is 6.86. The lowest BCUT2D eigenvalue weighted by Crippen LogP contribution is -2.19. The first kappa shape index (κ1) is 13.5. The normalized spacial score (nSPS) is 9.95. The van der Waals surface area contributed by atoms with Crippen molar-refractivity contribution in [1.82, 2.24) is 0 Å². The van der Waals surface area contributed by atoms with Gasteiger partial charge in [0.15, 0.2) is 5.11 Å². The molecule has 0 saturated heterocycles. The van der Waals surface area contributed by atoms with E-state index in [0.29, 0.717) is 11.7 Å². The molecular weight excluding hydrogens is 256 g/mol. The second-order valence-corrected chi connectivity index (χ2v) is 4.49. The predicted octanol–water partition coefficient (Wildman–Crippen LogP) is 3.64. The smallest absolute Gasteiger partial charge is 0.175 e. The van der Waals surface area contributed by atoms with Crippen molar-refractivity contribution in [3.63, 3.8) is 0 Å². The van der Waals surface area contributed by atoms with E-state index in [2.05, 4.69) is 10.6 Å². The minimum absolute atomic E-state index is 0.570. The SMILES string of the molecule is COCc1cccc(NC(=S)Nc2ccccc2)c1. The molecule has 2 rings (SSSR count). The molecule has 4 heteroatoms. The lowest BCUT2D eigenvalue weighted by Gasteiger charge is -2.11. The number of rotatable bonds is 4. The number of nitrogens with one attached hydrogen (secondary N) is 2. The van der Waals surface area contributed by atoms with E-state index in [1.807, 2.05) is 54.6 Å². The summed E-state index contributed by atoms with van der Waals surface area (Å²) in [6.45, 7) is 0.592. The van der Waals surface area contributed by atoms with Gasteiger partial charge in [-0.3, -0.25) is 0 Å². The highest BCUT2D eigenvalue weighted by Crippen LogP contribution is 2.12. The average molecular weight is 272 g/mol. The van der Waals surface area contributed by atoms with Crippen molar-refractivity contribution in [3.8, 4) is 0 Å². The number of benzene rings is 2. The molecule has 2 aromatic carbocycles. The molecule has 0 radical (unpaired) electrons. The molecule has 0 amide bonds. The molecule has 0 aromatic heterocycles. The van der Waals surface area contributed by atoms with Crippen LogP contribution in [0.1, 0.15) is 5.56 Å². The fraction of sp³-hybridized carbons (Fsp3) is 0.133. The van der Waals surface area contributed by atoms with Crippen molar-refractivity contribution in [2.24, 2.45) is 0 Å². The maximum Gasteiger partial charge on any atom is 0.175 e. The maximum atomic E-state index is 5.27. The molecular formula is C15H16N2OS. The van der Waals surface area contributed by atoms with Crippen molar-refractivity contribution in [1.29, 1.82) is 0 Å². The van der Waals surface area contributed by atoms with E-state index in [1.165, 1.54) is 0 Å². The second kappa shape index (κ2) is 6.87. The van der Waals surface area contributed by atoms with E-state index < -0.39 is 0 Å². The van der Waals surface area contributed by atoms with Gasteiger partial charge in [0.1, 0.15) is 0 Å². The summed E-state index contributed by atoms with van der Waals surface area (Å²) >= 11 is 5.27. The number of para-hydroxylation sites is 1. The molecule has 19 heavy (non-hydrogen) atoms. The summed E-state index contributed by atoms with van der Waals surface area (Å²) in [6, 6.07) is 17.8. The van der Waals surface area contributed by atoms with Crippen molar-refractivity contribution in [2.45, 2.75) is 6.61 Å². The van der Waals surface area contributed by atoms with Gasteiger partial charge in [-0.25, -0.2) is 0 Å². The minimum Gasteiger partial charge on any atom is -0.380 e. The second-order valence-electron chi connectivity index (χ2n) is 4.08. The molecule has 0 unspecified atom stereocenters. The first-order chi connectivity index (χ1) is 9.28. The minimum atomic E-state index is 0.570. The highest BCUT2D eigenvalue weighted by Gasteiger charge is 1.99. The molecule has 2 aromatic rings. The average Bonchev–Trinajstić information content (AvgIpc) is 2.40. The quantitative estimate of drug-likeness (QED) is 0.833. The Kier molecular flexibility index (Phi) is 4.89. The number of ether oxygens (including phenoxy) is 1. The first-order valence-corrected chi connectivity index (χ1v) is 6.39. The summed E-state index contributed by atoms with van der Waals surface area (Å²) in [4.78, 5) is 0. The van der Waals surface area contributed by atoms with Crippen LogP contribution in [0.5, 0.6) is 0 Å². The molecule has 0 saturated carbocycles. The van der Waals surface area contributed by atoms with E-state index in [9.17, 15) is 0 Å². The number of hydrogen-bond acceptors (Lipinski definition) is 2. The van der Waals surface area contributed by atoms with E-state index in [1.54, 1.807) is 7.11 Å². The summed E-state index contributed by atoms with van der Waals surface area (Å²) in [5.74, 6) is 0. The maximum absolute atomic E-state index is 5.27. The zero-order chi connectivity index (χ0) is 13.5. The Balaban J connectivity index is 1.97. The standard InChI is InChI=1S/C15H16N2OS/c1-18-11-12-6-5-9-14(10-12)17-15(19)16-13-7-3-2-4-8-13/h2-10H,11H2,1H3,(H2,16,17,19). The number of hydrogen-bond donors (Lipinski definition) is 2. The van der Waals surface area contributed by atoms with Crippen molar-refractivity contribution in [3.05, 3.63) is 60.2 Å². The Hall–Kier alpha value is -1.91.